The number of fused-ring (bicyclic) bond motifs is 1. The van der Waals surface area contributed by atoms with Crippen molar-refractivity contribution in [3.63, 3.8) is 0 Å². The highest BCUT2D eigenvalue weighted by Gasteiger charge is 2.04. The summed E-state index contributed by atoms with van der Waals surface area (Å²) >= 11 is 5.36. The number of nitrogens with zero attached hydrogens (tertiary/aromatic N) is 2. The molecular formula is C15H15N3S. The topological polar surface area (TPSA) is 33.6 Å². The molecule has 3 nitrogen and oxygen atoms in total. The molecule has 0 saturated carbocycles. The molecule has 1 aromatic carbocycles. The highest BCUT2D eigenvalue weighted by Crippen LogP contribution is 2.12. The van der Waals surface area contributed by atoms with Gasteiger partial charge in [0.25, 0.3) is 0 Å². The van der Waals surface area contributed by atoms with Crippen molar-refractivity contribution in [1.29, 1.82) is 0 Å². The third-order valence-corrected chi connectivity index (χ3v) is 3.56. The number of aryl methyl sites for hydroxylation is 3. The van der Waals surface area contributed by atoms with E-state index in [9.17, 15) is 0 Å². The van der Waals surface area contributed by atoms with Gasteiger partial charge in [0, 0.05) is 12.7 Å². The molecule has 0 saturated heterocycles. The molecule has 0 aliphatic heterocycles. The number of imidazole rings is 1. The van der Waals surface area contributed by atoms with Crippen molar-refractivity contribution in [3.05, 3.63) is 58.5 Å². The average Bonchev–Trinajstić information content (AvgIpc) is 2.72. The van der Waals surface area contributed by atoms with Crippen LogP contribution >= 0.6 is 12.2 Å². The number of pyridine rings is 1. The van der Waals surface area contributed by atoms with Gasteiger partial charge in [0.1, 0.15) is 0 Å². The molecule has 0 atom stereocenters. The molecule has 0 aliphatic rings. The third kappa shape index (κ3) is 2.44. The monoisotopic (exact) mass is 269 g/mol. The summed E-state index contributed by atoms with van der Waals surface area (Å²) in [6.45, 7) is 2.96. The molecule has 1 N–H and O–H groups in total. The predicted molar refractivity (Wildman–Crippen MR) is 79.8 cm³/mol. The van der Waals surface area contributed by atoms with Gasteiger partial charge in [0.15, 0.2) is 10.4 Å². The van der Waals surface area contributed by atoms with E-state index < -0.39 is 0 Å². The summed E-state index contributed by atoms with van der Waals surface area (Å²) < 4.78 is 2.80. The van der Waals surface area contributed by atoms with E-state index in [-0.39, 0.29) is 0 Å². The molecule has 2 heterocycles. The second-order valence-corrected chi connectivity index (χ2v) is 5.08. The van der Waals surface area contributed by atoms with Gasteiger partial charge >= 0.3 is 0 Å². The number of rotatable bonds is 3. The van der Waals surface area contributed by atoms with Crippen molar-refractivity contribution in [2.45, 2.75) is 19.9 Å². The highest BCUT2D eigenvalue weighted by atomic mass is 32.1. The van der Waals surface area contributed by atoms with Gasteiger partial charge in [-0.3, -0.25) is 0 Å². The van der Waals surface area contributed by atoms with Crippen LogP contribution in [0.15, 0.2) is 42.6 Å². The van der Waals surface area contributed by atoms with E-state index in [1.807, 2.05) is 12.1 Å². The molecule has 0 fully saturated rings. The van der Waals surface area contributed by atoms with Crippen LogP contribution in [-0.2, 0) is 13.0 Å². The molecule has 4 heteroatoms. The standard InChI is InChI=1S/C15H15N3S/c1-11-4-2-5-12(10-11)7-9-18-14-13(17-15(18)19)6-3-8-16-14/h2-6,8,10H,7,9H2,1H3,(H,17,19). The van der Waals surface area contributed by atoms with Gasteiger partial charge in [-0.1, -0.05) is 29.8 Å². The maximum absolute atomic E-state index is 5.36. The van der Waals surface area contributed by atoms with Crippen molar-refractivity contribution in [2.24, 2.45) is 0 Å². The van der Waals surface area contributed by atoms with Crippen molar-refractivity contribution >= 4 is 23.4 Å². The summed E-state index contributed by atoms with van der Waals surface area (Å²) in [7, 11) is 0. The Hall–Kier alpha value is -1.94. The Morgan fingerprint density at radius 1 is 1.26 bits per heavy atom. The Morgan fingerprint density at radius 2 is 2.16 bits per heavy atom. The quantitative estimate of drug-likeness (QED) is 0.736. The summed E-state index contributed by atoms with van der Waals surface area (Å²) in [5.74, 6) is 0. The maximum atomic E-state index is 5.36. The predicted octanol–water partition coefficient (Wildman–Crippen LogP) is 3.65. The lowest BCUT2D eigenvalue weighted by Gasteiger charge is -2.05. The Bertz CT molecular complexity index is 770. The van der Waals surface area contributed by atoms with Gasteiger partial charge in [-0.15, -0.1) is 0 Å². The van der Waals surface area contributed by atoms with Gasteiger partial charge in [-0.2, -0.15) is 0 Å². The highest BCUT2D eigenvalue weighted by molar-refractivity contribution is 7.71. The Labute approximate surface area is 116 Å². The Kier molecular flexibility index (Phi) is 3.17. The van der Waals surface area contributed by atoms with Crippen molar-refractivity contribution in [2.75, 3.05) is 0 Å². The first-order chi connectivity index (χ1) is 9.24. The first-order valence-corrected chi connectivity index (χ1v) is 6.74. The summed E-state index contributed by atoms with van der Waals surface area (Å²) in [5, 5.41) is 0. The fourth-order valence-electron chi connectivity index (χ4n) is 2.30. The molecule has 3 rings (SSSR count). The Morgan fingerprint density at radius 3 is 3.00 bits per heavy atom. The van der Waals surface area contributed by atoms with E-state index >= 15 is 0 Å². The SMILES string of the molecule is Cc1cccc(CCn2c(=S)[nH]c3cccnc32)c1. The number of hydrogen-bond acceptors (Lipinski definition) is 2. The van der Waals surface area contributed by atoms with Crippen LogP contribution in [0, 0.1) is 11.7 Å². The molecule has 96 valence electrons. The molecule has 0 spiro atoms. The van der Waals surface area contributed by atoms with Crippen LogP contribution in [0.4, 0.5) is 0 Å². The van der Waals surface area contributed by atoms with E-state index in [0.717, 1.165) is 28.9 Å². The zero-order valence-corrected chi connectivity index (χ0v) is 11.6. The second kappa shape index (κ2) is 4.97. The van der Waals surface area contributed by atoms with Crippen LogP contribution in [0.3, 0.4) is 0 Å². The van der Waals surface area contributed by atoms with E-state index in [4.69, 9.17) is 12.2 Å². The van der Waals surface area contributed by atoms with Gasteiger partial charge in [-0.25, -0.2) is 4.98 Å². The normalized spacial score (nSPS) is 11.0. The van der Waals surface area contributed by atoms with Crippen molar-refractivity contribution < 1.29 is 0 Å². The first-order valence-electron chi connectivity index (χ1n) is 6.33. The number of aromatic amines is 1. The van der Waals surface area contributed by atoms with Crippen LogP contribution in [-0.4, -0.2) is 14.5 Å². The van der Waals surface area contributed by atoms with Gasteiger partial charge < -0.3 is 9.55 Å². The lowest BCUT2D eigenvalue weighted by molar-refractivity contribution is 0.700. The average molecular weight is 269 g/mol. The molecule has 0 bridgehead atoms. The summed E-state index contributed by atoms with van der Waals surface area (Å²) in [6, 6.07) is 12.5. The minimum Gasteiger partial charge on any atom is -0.329 e. The first kappa shape index (κ1) is 12.1. The van der Waals surface area contributed by atoms with Gasteiger partial charge in [-0.05, 0) is 43.3 Å². The van der Waals surface area contributed by atoms with E-state index in [0.29, 0.717) is 0 Å². The molecular weight excluding hydrogens is 254 g/mol. The summed E-state index contributed by atoms with van der Waals surface area (Å²) in [6.07, 6.45) is 2.76. The molecule has 19 heavy (non-hydrogen) atoms. The number of H-pyrrole nitrogens is 1. The summed E-state index contributed by atoms with van der Waals surface area (Å²) in [5.41, 5.74) is 4.54. The van der Waals surface area contributed by atoms with Crippen molar-refractivity contribution in [1.82, 2.24) is 14.5 Å². The lowest BCUT2D eigenvalue weighted by Crippen LogP contribution is -2.02. The Balaban J connectivity index is 1.90. The van der Waals surface area contributed by atoms with Gasteiger partial charge in [0.2, 0.25) is 0 Å². The van der Waals surface area contributed by atoms with Crippen LogP contribution < -0.4 is 0 Å². The second-order valence-electron chi connectivity index (χ2n) is 4.70. The van der Waals surface area contributed by atoms with Crippen LogP contribution in [0.5, 0.6) is 0 Å². The number of aromatic nitrogens is 3. The maximum Gasteiger partial charge on any atom is 0.179 e. The van der Waals surface area contributed by atoms with E-state index in [1.165, 1.54) is 11.1 Å². The molecule has 0 aliphatic carbocycles. The van der Waals surface area contributed by atoms with Crippen LogP contribution in [0.25, 0.3) is 11.2 Å². The minimum atomic E-state index is 0.737. The fourth-order valence-corrected chi connectivity index (χ4v) is 2.59. The lowest BCUT2D eigenvalue weighted by atomic mass is 10.1. The van der Waals surface area contributed by atoms with Crippen LogP contribution in [0.2, 0.25) is 0 Å². The molecule has 3 aromatic rings. The van der Waals surface area contributed by atoms with E-state index in [2.05, 4.69) is 45.7 Å². The van der Waals surface area contributed by atoms with Crippen LogP contribution in [0.1, 0.15) is 11.1 Å². The summed E-state index contributed by atoms with van der Waals surface area (Å²) in [4.78, 5) is 7.59. The zero-order chi connectivity index (χ0) is 13.2. The van der Waals surface area contributed by atoms with Crippen molar-refractivity contribution in [3.8, 4) is 0 Å². The molecule has 2 aromatic heterocycles. The number of nitrogens with one attached hydrogen (secondary N) is 1. The molecule has 0 amide bonds. The fraction of sp³-hybridized carbons (Fsp3) is 0.200. The van der Waals surface area contributed by atoms with Gasteiger partial charge in [0.05, 0.1) is 5.52 Å². The number of hydrogen-bond donors (Lipinski definition) is 1. The third-order valence-electron chi connectivity index (χ3n) is 3.24. The number of benzene rings is 1. The smallest absolute Gasteiger partial charge is 0.179 e. The van der Waals surface area contributed by atoms with E-state index in [1.54, 1.807) is 6.20 Å². The largest absolute Gasteiger partial charge is 0.329 e. The minimum absolute atomic E-state index is 0.737. The molecule has 0 unspecified atom stereocenters. The molecule has 0 radical (unpaired) electrons. The zero-order valence-electron chi connectivity index (χ0n) is 10.8.